The Morgan fingerprint density at radius 2 is 1.98 bits per heavy atom. The molecule has 0 radical (unpaired) electrons. The van der Waals surface area contributed by atoms with Gasteiger partial charge in [0.2, 0.25) is 5.91 Å². The molecule has 2 aliphatic heterocycles. The summed E-state index contributed by atoms with van der Waals surface area (Å²) >= 11 is 6.17. The van der Waals surface area contributed by atoms with Crippen LogP contribution < -0.4 is 15.4 Å². The monoisotopic (exact) mass is 579 g/mol. The van der Waals surface area contributed by atoms with Crippen LogP contribution in [0.3, 0.4) is 0 Å². The average Bonchev–Trinajstić information content (AvgIpc) is 2.93. The SMILES string of the molecule is N#Cc1ccc(OC2CCC(NC(=O)C3(c4cccnn4)CNCCN3C3CC4(C3)CN(C(=O)O)C4)CC2)cc1Cl. The second-order valence-corrected chi connectivity index (χ2v) is 12.3. The number of hydrogen-bond acceptors (Lipinski definition) is 8. The number of carboxylic acid groups (broad SMARTS) is 1. The lowest BCUT2D eigenvalue weighted by atomic mass is 9.59. The highest BCUT2D eigenvalue weighted by Crippen LogP contribution is 2.52. The zero-order chi connectivity index (χ0) is 28.6. The topological polar surface area (TPSA) is 144 Å². The largest absolute Gasteiger partial charge is 0.490 e. The van der Waals surface area contributed by atoms with Gasteiger partial charge in [-0.3, -0.25) is 9.69 Å². The molecule has 1 unspecified atom stereocenters. The minimum Gasteiger partial charge on any atom is -0.490 e. The molecule has 41 heavy (non-hydrogen) atoms. The van der Waals surface area contributed by atoms with Crippen molar-refractivity contribution < 1.29 is 19.4 Å². The number of likely N-dealkylation sites (tertiary alicyclic amines) is 1. The molecule has 3 heterocycles. The molecule has 6 rings (SSSR count). The van der Waals surface area contributed by atoms with Crippen molar-refractivity contribution in [2.45, 2.75) is 62.3 Å². The van der Waals surface area contributed by atoms with Crippen molar-refractivity contribution in [3.63, 3.8) is 0 Å². The maximum Gasteiger partial charge on any atom is 0.407 e. The van der Waals surface area contributed by atoms with Gasteiger partial charge < -0.3 is 25.4 Å². The summed E-state index contributed by atoms with van der Waals surface area (Å²) in [6, 6.07) is 11.0. The van der Waals surface area contributed by atoms with Gasteiger partial charge in [0.1, 0.15) is 11.8 Å². The van der Waals surface area contributed by atoms with E-state index in [4.69, 9.17) is 21.6 Å². The van der Waals surface area contributed by atoms with Crippen molar-refractivity contribution in [3.8, 4) is 11.8 Å². The lowest BCUT2D eigenvalue weighted by molar-refractivity contribution is -0.155. The van der Waals surface area contributed by atoms with Gasteiger partial charge in [-0.2, -0.15) is 15.5 Å². The Kier molecular flexibility index (Phi) is 7.49. The Hall–Kier alpha value is -3.46. The standard InChI is InChI=1S/C29H34ClN7O4/c30-24-12-23(6-3-19(24)15-31)41-22-7-4-20(5-8-22)34-26(38)29(25-2-1-9-33-35-25)16-32-10-11-37(29)21-13-28(14-21)17-36(18-28)27(39)40/h1-3,6,9,12,20-22,32H,4-5,7-8,10-11,13-14,16-18H2,(H,34,38)(H,39,40). The van der Waals surface area contributed by atoms with Crippen LogP contribution in [-0.2, 0) is 10.3 Å². The predicted octanol–water partition coefficient (Wildman–Crippen LogP) is 2.75. The first-order valence-corrected chi connectivity index (χ1v) is 14.6. The highest BCUT2D eigenvalue weighted by Gasteiger charge is 2.60. The van der Waals surface area contributed by atoms with Gasteiger partial charge >= 0.3 is 6.09 Å². The van der Waals surface area contributed by atoms with Gasteiger partial charge in [0, 0.05) is 62.5 Å². The molecule has 1 aromatic carbocycles. The molecule has 3 N–H and O–H groups in total. The maximum absolute atomic E-state index is 14.3. The van der Waals surface area contributed by atoms with Crippen LogP contribution in [-0.4, -0.2) is 88.0 Å². The quantitative estimate of drug-likeness (QED) is 0.470. The molecule has 2 saturated carbocycles. The van der Waals surface area contributed by atoms with E-state index in [1.807, 2.05) is 12.1 Å². The number of aromatic nitrogens is 2. The molecule has 1 aromatic heterocycles. The van der Waals surface area contributed by atoms with Crippen molar-refractivity contribution in [2.75, 3.05) is 32.7 Å². The number of carbonyl (C=O) groups is 2. The fourth-order valence-corrected chi connectivity index (χ4v) is 7.35. The number of amides is 2. The van der Waals surface area contributed by atoms with Crippen LogP contribution in [0.2, 0.25) is 5.02 Å². The van der Waals surface area contributed by atoms with Crippen LogP contribution in [0.5, 0.6) is 5.75 Å². The lowest BCUT2D eigenvalue weighted by Gasteiger charge is -2.63. The Labute approximate surface area is 243 Å². The number of nitrogens with one attached hydrogen (secondary N) is 2. The Morgan fingerprint density at radius 3 is 2.63 bits per heavy atom. The molecule has 2 amide bonds. The van der Waals surface area contributed by atoms with Crippen molar-refractivity contribution in [2.24, 2.45) is 5.41 Å². The number of nitriles is 1. The number of carbonyl (C=O) groups excluding carboxylic acids is 1. The highest BCUT2D eigenvalue weighted by molar-refractivity contribution is 6.31. The van der Waals surface area contributed by atoms with E-state index in [-0.39, 0.29) is 29.5 Å². The van der Waals surface area contributed by atoms with Crippen LogP contribution in [0.25, 0.3) is 0 Å². The van der Waals surface area contributed by atoms with Gasteiger partial charge in [0.25, 0.3) is 0 Å². The fraction of sp³-hybridized carbons (Fsp3) is 0.552. The normalized spacial score (nSPS) is 27.8. The zero-order valence-corrected chi connectivity index (χ0v) is 23.5. The van der Waals surface area contributed by atoms with Gasteiger partial charge in [0.05, 0.1) is 22.4 Å². The molecule has 216 valence electrons. The summed E-state index contributed by atoms with van der Waals surface area (Å²) in [7, 11) is 0. The van der Waals surface area contributed by atoms with E-state index >= 15 is 0 Å². The number of ether oxygens (including phenoxy) is 1. The Bertz CT molecular complexity index is 1330. The van der Waals surface area contributed by atoms with Crippen LogP contribution in [0.4, 0.5) is 4.79 Å². The van der Waals surface area contributed by atoms with E-state index in [1.54, 1.807) is 24.4 Å². The Balaban J connectivity index is 1.13. The molecule has 1 atom stereocenters. The van der Waals surface area contributed by atoms with E-state index in [0.717, 1.165) is 45.1 Å². The summed E-state index contributed by atoms with van der Waals surface area (Å²) in [5.74, 6) is 0.568. The summed E-state index contributed by atoms with van der Waals surface area (Å²) in [5, 5.41) is 34.1. The maximum atomic E-state index is 14.3. The summed E-state index contributed by atoms with van der Waals surface area (Å²) in [6.45, 7) is 3.02. The minimum absolute atomic E-state index is 0.00714. The molecular formula is C29H34ClN7O4. The van der Waals surface area contributed by atoms with E-state index in [0.29, 0.717) is 48.2 Å². The first kappa shape index (κ1) is 27.7. The molecule has 1 spiro atoms. The number of piperazine rings is 1. The number of benzene rings is 1. The summed E-state index contributed by atoms with van der Waals surface area (Å²) in [4.78, 5) is 29.4. The van der Waals surface area contributed by atoms with Gasteiger partial charge in [-0.15, -0.1) is 0 Å². The highest BCUT2D eigenvalue weighted by atomic mass is 35.5. The van der Waals surface area contributed by atoms with E-state index < -0.39 is 11.6 Å². The third-order valence-corrected chi connectivity index (χ3v) is 9.56. The average molecular weight is 580 g/mol. The predicted molar refractivity (Wildman–Crippen MR) is 149 cm³/mol. The number of hydrogen-bond donors (Lipinski definition) is 3. The summed E-state index contributed by atoms with van der Waals surface area (Å²) in [5.41, 5.74) is 0.0688. The van der Waals surface area contributed by atoms with E-state index in [2.05, 4.69) is 31.8 Å². The van der Waals surface area contributed by atoms with Crippen LogP contribution in [0.15, 0.2) is 36.5 Å². The lowest BCUT2D eigenvalue weighted by Crippen LogP contribution is -2.74. The molecule has 12 heteroatoms. The van der Waals surface area contributed by atoms with Crippen LogP contribution >= 0.6 is 11.6 Å². The third kappa shape index (κ3) is 5.20. The molecule has 4 fully saturated rings. The fourth-order valence-electron chi connectivity index (χ4n) is 7.14. The summed E-state index contributed by atoms with van der Waals surface area (Å²) < 4.78 is 6.14. The Morgan fingerprint density at radius 1 is 1.20 bits per heavy atom. The van der Waals surface area contributed by atoms with Crippen molar-refractivity contribution >= 4 is 23.6 Å². The van der Waals surface area contributed by atoms with E-state index in [9.17, 15) is 14.7 Å². The van der Waals surface area contributed by atoms with Crippen LogP contribution in [0, 0.1) is 16.7 Å². The van der Waals surface area contributed by atoms with Crippen molar-refractivity contribution in [1.82, 2.24) is 30.6 Å². The minimum atomic E-state index is -0.998. The third-order valence-electron chi connectivity index (χ3n) is 9.25. The number of rotatable bonds is 6. The second kappa shape index (κ2) is 11.1. The summed E-state index contributed by atoms with van der Waals surface area (Å²) in [6.07, 6.45) is 5.63. The first-order valence-electron chi connectivity index (χ1n) is 14.2. The molecular weight excluding hydrogens is 546 g/mol. The second-order valence-electron chi connectivity index (χ2n) is 11.9. The van der Waals surface area contributed by atoms with Crippen LogP contribution in [0.1, 0.15) is 49.8 Å². The van der Waals surface area contributed by atoms with Crippen molar-refractivity contribution in [3.05, 3.63) is 52.8 Å². The molecule has 11 nitrogen and oxygen atoms in total. The number of halogens is 1. The number of nitrogens with zero attached hydrogens (tertiary/aromatic N) is 5. The molecule has 2 aromatic rings. The molecule has 4 aliphatic rings. The van der Waals surface area contributed by atoms with Gasteiger partial charge in [-0.25, -0.2) is 4.79 Å². The molecule has 2 aliphatic carbocycles. The molecule has 2 saturated heterocycles. The zero-order valence-electron chi connectivity index (χ0n) is 22.8. The van der Waals surface area contributed by atoms with E-state index in [1.165, 1.54) is 4.90 Å². The molecule has 0 bridgehead atoms. The van der Waals surface area contributed by atoms with Gasteiger partial charge in [0.15, 0.2) is 5.54 Å². The van der Waals surface area contributed by atoms with Gasteiger partial charge in [-0.1, -0.05) is 11.6 Å². The smallest absolute Gasteiger partial charge is 0.407 e. The van der Waals surface area contributed by atoms with Gasteiger partial charge in [-0.05, 0) is 62.8 Å². The first-order chi connectivity index (χ1) is 19.8. The van der Waals surface area contributed by atoms with Crippen molar-refractivity contribution in [1.29, 1.82) is 5.26 Å².